The molecule has 0 fully saturated rings. The molecule has 108 valence electrons. The van der Waals surface area contributed by atoms with Crippen LogP contribution in [0.4, 0.5) is 0 Å². The average molecular weight is 283 g/mol. The van der Waals surface area contributed by atoms with E-state index in [-0.39, 0.29) is 12.4 Å². The third kappa shape index (κ3) is 3.55. The van der Waals surface area contributed by atoms with E-state index in [2.05, 4.69) is 0 Å². The van der Waals surface area contributed by atoms with Crippen LogP contribution in [0.15, 0.2) is 48.5 Å². The number of ether oxygens (including phenoxy) is 1. The van der Waals surface area contributed by atoms with Gasteiger partial charge in [-0.25, -0.2) is 0 Å². The monoisotopic (exact) mass is 283 g/mol. The maximum Gasteiger partial charge on any atom is 0.248 e. The van der Waals surface area contributed by atoms with Crippen LogP contribution in [0.25, 0.3) is 11.1 Å². The number of rotatable bonds is 6. The maximum atomic E-state index is 12.3. The zero-order valence-corrected chi connectivity index (χ0v) is 11.8. The second-order valence-corrected chi connectivity index (χ2v) is 4.55. The predicted octanol–water partition coefficient (Wildman–Crippen LogP) is 2.67. The highest BCUT2D eigenvalue weighted by Gasteiger charge is 2.15. The molecule has 0 radical (unpaired) electrons. The van der Waals surface area contributed by atoms with Crippen molar-refractivity contribution in [3.63, 3.8) is 0 Å². The Kier molecular flexibility index (Phi) is 4.85. The number of Topliss-reactive ketones (excluding diaryl/α,β-unsaturated/α-hetero) is 1. The van der Waals surface area contributed by atoms with Gasteiger partial charge in [-0.1, -0.05) is 36.4 Å². The molecular formula is C17H17NO3. The lowest BCUT2D eigenvalue weighted by atomic mass is 9.95. The van der Waals surface area contributed by atoms with E-state index >= 15 is 0 Å². The minimum absolute atomic E-state index is 0.0153. The first-order valence-corrected chi connectivity index (χ1v) is 6.73. The van der Waals surface area contributed by atoms with E-state index in [4.69, 9.17) is 10.5 Å². The zero-order chi connectivity index (χ0) is 15.2. The number of primary amides is 1. The number of carbonyl (C=O) groups excluding carboxylic acids is 2. The van der Waals surface area contributed by atoms with Crippen molar-refractivity contribution >= 4 is 11.7 Å². The number of amides is 1. The number of carbonyl (C=O) groups is 2. The SMILES string of the molecule is CCOCC(=O)c1cc(C(N)=O)ccc1-c1ccccc1. The Morgan fingerprint density at radius 3 is 2.43 bits per heavy atom. The summed E-state index contributed by atoms with van der Waals surface area (Å²) in [4.78, 5) is 23.6. The molecule has 0 aliphatic carbocycles. The average Bonchev–Trinajstić information content (AvgIpc) is 2.52. The van der Waals surface area contributed by atoms with E-state index in [1.165, 1.54) is 6.07 Å². The summed E-state index contributed by atoms with van der Waals surface area (Å²) >= 11 is 0. The second kappa shape index (κ2) is 6.81. The topological polar surface area (TPSA) is 69.4 Å². The Bertz CT molecular complexity index is 650. The second-order valence-electron chi connectivity index (χ2n) is 4.55. The fourth-order valence-electron chi connectivity index (χ4n) is 2.07. The summed E-state index contributed by atoms with van der Waals surface area (Å²) < 4.78 is 5.18. The Labute approximate surface area is 123 Å². The van der Waals surface area contributed by atoms with Gasteiger partial charge in [0.05, 0.1) is 0 Å². The van der Waals surface area contributed by atoms with Crippen LogP contribution in [0.3, 0.4) is 0 Å². The zero-order valence-electron chi connectivity index (χ0n) is 11.8. The molecule has 0 spiro atoms. The minimum Gasteiger partial charge on any atom is -0.374 e. The van der Waals surface area contributed by atoms with Crippen molar-refractivity contribution in [3.8, 4) is 11.1 Å². The van der Waals surface area contributed by atoms with Gasteiger partial charge >= 0.3 is 0 Å². The third-order valence-corrected chi connectivity index (χ3v) is 3.13. The highest BCUT2D eigenvalue weighted by atomic mass is 16.5. The summed E-state index contributed by atoms with van der Waals surface area (Å²) in [6.07, 6.45) is 0. The van der Waals surface area contributed by atoms with Crippen molar-refractivity contribution in [1.82, 2.24) is 0 Å². The van der Waals surface area contributed by atoms with E-state index < -0.39 is 5.91 Å². The van der Waals surface area contributed by atoms with Crippen molar-refractivity contribution in [1.29, 1.82) is 0 Å². The van der Waals surface area contributed by atoms with Crippen molar-refractivity contribution < 1.29 is 14.3 Å². The summed E-state index contributed by atoms with van der Waals surface area (Å²) in [5, 5.41) is 0. The fourth-order valence-corrected chi connectivity index (χ4v) is 2.07. The van der Waals surface area contributed by atoms with Gasteiger partial charge in [-0.05, 0) is 30.2 Å². The number of nitrogens with two attached hydrogens (primary N) is 1. The molecule has 2 aromatic rings. The van der Waals surface area contributed by atoms with Crippen molar-refractivity contribution in [2.24, 2.45) is 5.73 Å². The van der Waals surface area contributed by atoms with Crippen LogP contribution in [0, 0.1) is 0 Å². The molecule has 0 aromatic heterocycles. The van der Waals surface area contributed by atoms with Crippen LogP contribution in [-0.4, -0.2) is 24.9 Å². The Morgan fingerprint density at radius 2 is 1.81 bits per heavy atom. The molecule has 0 saturated heterocycles. The summed E-state index contributed by atoms with van der Waals surface area (Å²) in [7, 11) is 0. The van der Waals surface area contributed by atoms with Gasteiger partial charge in [-0.15, -0.1) is 0 Å². The minimum atomic E-state index is -0.555. The molecule has 21 heavy (non-hydrogen) atoms. The highest BCUT2D eigenvalue weighted by Crippen LogP contribution is 2.25. The molecule has 0 aliphatic heterocycles. The van der Waals surface area contributed by atoms with Gasteiger partial charge in [0.25, 0.3) is 0 Å². The van der Waals surface area contributed by atoms with E-state index in [0.717, 1.165) is 11.1 Å². The Morgan fingerprint density at radius 1 is 1.10 bits per heavy atom. The normalized spacial score (nSPS) is 10.3. The van der Waals surface area contributed by atoms with Gasteiger partial charge in [0.2, 0.25) is 5.91 Å². The van der Waals surface area contributed by atoms with Crippen LogP contribution in [0.2, 0.25) is 0 Å². The number of benzene rings is 2. The highest BCUT2D eigenvalue weighted by molar-refractivity contribution is 6.05. The van der Waals surface area contributed by atoms with Crippen LogP contribution < -0.4 is 5.73 Å². The quantitative estimate of drug-likeness (QED) is 0.829. The summed E-state index contributed by atoms with van der Waals surface area (Å²) in [5.74, 6) is -0.723. The summed E-state index contributed by atoms with van der Waals surface area (Å²) in [5.41, 5.74) is 7.73. The van der Waals surface area contributed by atoms with Crippen molar-refractivity contribution in [2.45, 2.75) is 6.92 Å². The standard InChI is InChI=1S/C17H17NO3/c1-2-21-11-16(19)15-10-13(17(18)20)8-9-14(15)12-6-4-3-5-7-12/h3-10H,2,11H2,1H3,(H2,18,20). The molecule has 4 heteroatoms. The van der Waals surface area contributed by atoms with Gasteiger partial charge < -0.3 is 10.5 Å². The van der Waals surface area contributed by atoms with E-state index in [1.807, 2.05) is 37.3 Å². The third-order valence-electron chi connectivity index (χ3n) is 3.13. The van der Waals surface area contributed by atoms with Crippen molar-refractivity contribution in [2.75, 3.05) is 13.2 Å². The van der Waals surface area contributed by atoms with E-state index in [9.17, 15) is 9.59 Å². The van der Waals surface area contributed by atoms with E-state index in [1.54, 1.807) is 12.1 Å². The summed E-state index contributed by atoms with van der Waals surface area (Å²) in [6.45, 7) is 2.27. The van der Waals surface area contributed by atoms with Gasteiger partial charge in [-0.2, -0.15) is 0 Å². The fraction of sp³-hybridized carbons (Fsp3) is 0.176. The number of hydrogen-bond donors (Lipinski definition) is 1. The number of hydrogen-bond acceptors (Lipinski definition) is 3. The van der Waals surface area contributed by atoms with Gasteiger partial charge in [-0.3, -0.25) is 9.59 Å². The molecule has 2 N–H and O–H groups in total. The van der Waals surface area contributed by atoms with Crippen LogP contribution >= 0.6 is 0 Å². The lowest BCUT2D eigenvalue weighted by Crippen LogP contribution is -2.15. The lowest BCUT2D eigenvalue weighted by molar-refractivity contribution is 0.0784. The first-order valence-electron chi connectivity index (χ1n) is 6.73. The molecule has 0 heterocycles. The molecule has 1 amide bonds. The largest absolute Gasteiger partial charge is 0.374 e. The van der Waals surface area contributed by atoms with Crippen LogP contribution in [0.1, 0.15) is 27.6 Å². The first kappa shape index (κ1) is 14.9. The molecule has 2 rings (SSSR count). The molecule has 4 nitrogen and oxygen atoms in total. The van der Waals surface area contributed by atoms with Crippen molar-refractivity contribution in [3.05, 3.63) is 59.7 Å². The smallest absolute Gasteiger partial charge is 0.248 e. The molecule has 0 saturated carbocycles. The Balaban J connectivity index is 2.49. The molecule has 0 aliphatic rings. The molecule has 2 aromatic carbocycles. The molecule has 0 unspecified atom stereocenters. The van der Waals surface area contributed by atoms with Crippen LogP contribution in [-0.2, 0) is 4.74 Å². The number of ketones is 1. The maximum absolute atomic E-state index is 12.3. The van der Waals surface area contributed by atoms with Crippen LogP contribution in [0.5, 0.6) is 0 Å². The predicted molar refractivity (Wildman–Crippen MR) is 81.2 cm³/mol. The van der Waals surface area contributed by atoms with Gasteiger partial charge in [0, 0.05) is 17.7 Å². The first-order chi connectivity index (χ1) is 10.1. The van der Waals surface area contributed by atoms with Gasteiger partial charge in [0.1, 0.15) is 6.61 Å². The lowest BCUT2D eigenvalue weighted by Gasteiger charge is -2.10. The Hall–Kier alpha value is -2.46. The molecule has 0 bridgehead atoms. The molecule has 0 atom stereocenters. The van der Waals surface area contributed by atoms with Gasteiger partial charge in [0.15, 0.2) is 5.78 Å². The molecular weight excluding hydrogens is 266 g/mol. The summed E-state index contributed by atoms with van der Waals surface area (Å²) in [6, 6.07) is 14.4. The van der Waals surface area contributed by atoms with E-state index in [0.29, 0.717) is 17.7 Å².